The summed E-state index contributed by atoms with van der Waals surface area (Å²) in [6, 6.07) is 0.270. The van der Waals surface area contributed by atoms with Crippen molar-refractivity contribution in [1.82, 2.24) is 25.0 Å². The number of carbonyl (C=O) groups is 2. The molecule has 140 valence electrons. The van der Waals surface area contributed by atoms with Gasteiger partial charge in [0.2, 0.25) is 11.8 Å². The van der Waals surface area contributed by atoms with E-state index in [2.05, 4.69) is 27.3 Å². The molecule has 1 aliphatic rings. The van der Waals surface area contributed by atoms with Crippen LogP contribution in [0, 0.1) is 0 Å². The quantitative estimate of drug-likeness (QED) is 0.612. The molecule has 1 aliphatic heterocycles. The van der Waals surface area contributed by atoms with Crippen LogP contribution in [-0.2, 0) is 22.6 Å². The first-order valence-electron chi connectivity index (χ1n) is 8.88. The van der Waals surface area contributed by atoms with Crippen LogP contribution in [0.3, 0.4) is 0 Å². The third kappa shape index (κ3) is 6.00. The molecular weight excluding hydrogens is 340 g/mol. The maximum atomic E-state index is 12.2. The number of likely N-dealkylation sites (tertiary alicyclic amines) is 1. The molecule has 0 aromatic carbocycles. The number of rotatable bonds is 9. The maximum absolute atomic E-state index is 12.2. The fourth-order valence-electron chi connectivity index (χ4n) is 2.96. The Bertz CT molecular complexity index is 583. The highest BCUT2D eigenvalue weighted by atomic mass is 32.2. The predicted octanol–water partition coefficient (Wildman–Crippen LogP) is 0.409. The van der Waals surface area contributed by atoms with Gasteiger partial charge in [0.15, 0.2) is 5.16 Å². The zero-order valence-electron chi connectivity index (χ0n) is 15.0. The Morgan fingerprint density at radius 2 is 1.96 bits per heavy atom. The molecule has 0 bridgehead atoms. The van der Waals surface area contributed by atoms with Gasteiger partial charge in [0.05, 0.1) is 5.75 Å². The Morgan fingerprint density at radius 1 is 1.24 bits per heavy atom. The second kappa shape index (κ2) is 9.76. The van der Waals surface area contributed by atoms with Crippen molar-refractivity contribution in [3.8, 4) is 0 Å². The van der Waals surface area contributed by atoms with Gasteiger partial charge >= 0.3 is 0 Å². The summed E-state index contributed by atoms with van der Waals surface area (Å²) in [5, 5.41) is 12.1. The maximum Gasteiger partial charge on any atom is 0.230 e. The molecule has 2 rings (SSSR count). The number of aromatic nitrogens is 3. The number of aryl methyl sites for hydroxylation is 1. The van der Waals surface area contributed by atoms with E-state index in [0.717, 1.165) is 38.3 Å². The molecule has 25 heavy (non-hydrogen) atoms. The standard InChI is InChI=1S/C16H28N6O2S/c1-3-21-9-7-12(8-10-21)18-15(24)11-25-16-20-19-14(22(16)4-2)6-5-13(17)23/h12H,3-11H2,1-2H3,(H2,17,23)(H,18,24). The van der Waals surface area contributed by atoms with Crippen molar-refractivity contribution in [1.29, 1.82) is 0 Å². The van der Waals surface area contributed by atoms with E-state index in [9.17, 15) is 9.59 Å². The number of thioether (sulfide) groups is 1. The number of nitrogens with zero attached hydrogens (tertiary/aromatic N) is 4. The van der Waals surface area contributed by atoms with Gasteiger partial charge in [0.1, 0.15) is 5.82 Å². The normalized spacial score (nSPS) is 16.1. The molecule has 1 saturated heterocycles. The van der Waals surface area contributed by atoms with Crippen molar-refractivity contribution < 1.29 is 9.59 Å². The summed E-state index contributed by atoms with van der Waals surface area (Å²) in [5.41, 5.74) is 5.19. The van der Waals surface area contributed by atoms with E-state index in [1.54, 1.807) is 0 Å². The van der Waals surface area contributed by atoms with Crippen LogP contribution in [0.25, 0.3) is 0 Å². The summed E-state index contributed by atoms with van der Waals surface area (Å²) in [7, 11) is 0. The number of hydrogen-bond donors (Lipinski definition) is 2. The van der Waals surface area contributed by atoms with Crippen molar-refractivity contribution in [3.63, 3.8) is 0 Å². The van der Waals surface area contributed by atoms with Crippen molar-refractivity contribution >= 4 is 23.6 Å². The van der Waals surface area contributed by atoms with Crippen molar-refractivity contribution in [2.45, 2.75) is 57.3 Å². The lowest BCUT2D eigenvalue weighted by Gasteiger charge is -2.31. The molecule has 0 spiro atoms. The molecule has 0 radical (unpaired) electrons. The van der Waals surface area contributed by atoms with Gasteiger partial charge in [-0.2, -0.15) is 0 Å². The van der Waals surface area contributed by atoms with Crippen LogP contribution in [0.1, 0.15) is 38.9 Å². The van der Waals surface area contributed by atoms with E-state index in [-0.39, 0.29) is 24.3 Å². The molecule has 3 N–H and O–H groups in total. The van der Waals surface area contributed by atoms with E-state index >= 15 is 0 Å². The minimum absolute atomic E-state index is 0.0317. The number of nitrogens with two attached hydrogens (primary N) is 1. The first-order chi connectivity index (χ1) is 12.0. The van der Waals surface area contributed by atoms with Gasteiger partial charge in [0.25, 0.3) is 0 Å². The molecule has 0 unspecified atom stereocenters. The number of amides is 2. The minimum atomic E-state index is -0.353. The molecule has 0 saturated carbocycles. The highest BCUT2D eigenvalue weighted by molar-refractivity contribution is 7.99. The van der Waals surface area contributed by atoms with Crippen LogP contribution in [0.4, 0.5) is 0 Å². The van der Waals surface area contributed by atoms with Gasteiger partial charge in [-0.3, -0.25) is 9.59 Å². The molecule has 1 aromatic rings. The molecule has 2 heterocycles. The van der Waals surface area contributed by atoms with Crippen LogP contribution in [0.15, 0.2) is 5.16 Å². The van der Waals surface area contributed by atoms with Crippen molar-refractivity contribution in [2.24, 2.45) is 5.73 Å². The lowest BCUT2D eigenvalue weighted by Crippen LogP contribution is -2.45. The first kappa shape index (κ1) is 19.7. The summed E-state index contributed by atoms with van der Waals surface area (Å²) in [4.78, 5) is 25.5. The average Bonchev–Trinajstić information content (AvgIpc) is 3.00. The number of primary amides is 1. The molecule has 1 aromatic heterocycles. The van der Waals surface area contributed by atoms with E-state index in [0.29, 0.717) is 23.9 Å². The zero-order chi connectivity index (χ0) is 18.2. The van der Waals surface area contributed by atoms with Crippen LogP contribution >= 0.6 is 11.8 Å². The molecular formula is C16H28N6O2S. The van der Waals surface area contributed by atoms with E-state index in [4.69, 9.17) is 5.73 Å². The van der Waals surface area contributed by atoms with E-state index in [1.807, 2.05) is 11.5 Å². The Hall–Kier alpha value is -1.61. The minimum Gasteiger partial charge on any atom is -0.370 e. The molecule has 2 amide bonds. The van der Waals surface area contributed by atoms with Gasteiger partial charge in [-0.1, -0.05) is 18.7 Å². The molecule has 9 heteroatoms. The summed E-state index contributed by atoms with van der Waals surface area (Å²) < 4.78 is 1.93. The largest absolute Gasteiger partial charge is 0.370 e. The van der Waals surface area contributed by atoms with Crippen LogP contribution < -0.4 is 11.1 Å². The molecule has 0 aliphatic carbocycles. The van der Waals surface area contributed by atoms with E-state index < -0.39 is 0 Å². The van der Waals surface area contributed by atoms with Gasteiger partial charge in [-0.15, -0.1) is 10.2 Å². The zero-order valence-corrected chi connectivity index (χ0v) is 15.8. The molecule has 0 atom stereocenters. The van der Waals surface area contributed by atoms with Gasteiger partial charge in [-0.25, -0.2) is 0 Å². The van der Waals surface area contributed by atoms with Crippen LogP contribution in [-0.4, -0.2) is 62.9 Å². The lowest BCUT2D eigenvalue weighted by molar-refractivity contribution is -0.119. The number of carbonyl (C=O) groups excluding carboxylic acids is 2. The Balaban J connectivity index is 1.80. The number of nitrogens with one attached hydrogen (secondary N) is 1. The van der Waals surface area contributed by atoms with E-state index in [1.165, 1.54) is 11.8 Å². The predicted molar refractivity (Wildman–Crippen MR) is 97.2 cm³/mol. The van der Waals surface area contributed by atoms with Crippen LogP contribution in [0.5, 0.6) is 0 Å². The summed E-state index contributed by atoms with van der Waals surface area (Å²) in [6.07, 6.45) is 2.73. The third-order valence-corrected chi connectivity index (χ3v) is 5.40. The Kier molecular flexibility index (Phi) is 7.70. The van der Waals surface area contributed by atoms with Crippen molar-refractivity contribution in [2.75, 3.05) is 25.4 Å². The molecule has 1 fully saturated rings. The lowest BCUT2D eigenvalue weighted by atomic mass is 10.1. The fraction of sp³-hybridized carbons (Fsp3) is 0.750. The fourth-order valence-corrected chi connectivity index (χ4v) is 3.79. The monoisotopic (exact) mass is 368 g/mol. The van der Waals surface area contributed by atoms with Gasteiger partial charge in [-0.05, 0) is 26.3 Å². The van der Waals surface area contributed by atoms with Gasteiger partial charge in [0, 0.05) is 38.5 Å². The topological polar surface area (TPSA) is 106 Å². The average molecular weight is 369 g/mol. The SMILES string of the molecule is CCN1CCC(NC(=O)CSc2nnc(CCC(N)=O)n2CC)CC1. The summed E-state index contributed by atoms with van der Waals surface area (Å²) >= 11 is 1.38. The van der Waals surface area contributed by atoms with Crippen LogP contribution in [0.2, 0.25) is 0 Å². The Morgan fingerprint density at radius 3 is 2.56 bits per heavy atom. The highest BCUT2D eigenvalue weighted by Gasteiger charge is 2.20. The first-order valence-corrected chi connectivity index (χ1v) is 9.86. The number of hydrogen-bond acceptors (Lipinski definition) is 6. The smallest absolute Gasteiger partial charge is 0.230 e. The highest BCUT2D eigenvalue weighted by Crippen LogP contribution is 2.18. The Labute approximate surface area is 152 Å². The second-order valence-electron chi connectivity index (χ2n) is 6.17. The third-order valence-electron chi connectivity index (χ3n) is 4.44. The summed E-state index contributed by atoms with van der Waals surface area (Å²) in [6.45, 7) is 8.01. The number of piperidine rings is 1. The second-order valence-corrected chi connectivity index (χ2v) is 7.12. The molecule has 8 nitrogen and oxygen atoms in total. The van der Waals surface area contributed by atoms with Gasteiger partial charge < -0.3 is 20.5 Å². The van der Waals surface area contributed by atoms with Crippen molar-refractivity contribution in [3.05, 3.63) is 5.82 Å². The summed E-state index contributed by atoms with van der Waals surface area (Å²) in [5.74, 6) is 0.732.